The topological polar surface area (TPSA) is 59.6 Å². The van der Waals surface area contributed by atoms with Crippen LogP contribution in [0.2, 0.25) is 0 Å². The molecule has 3 nitrogen and oxygen atoms in total. The molecular weight excluding hydrogens is 210 g/mol. The van der Waals surface area contributed by atoms with Crippen molar-refractivity contribution >= 4 is 5.69 Å². The van der Waals surface area contributed by atoms with Crippen molar-refractivity contribution in [3.63, 3.8) is 0 Å². The SMILES string of the molecule is CC(C)(C#N)CCCNc1cccc(C#N)c1. The van der Waals surface area contributed by atoms with E-state index in [0.717, 1.165) is 25.1 Å². The van der Waals surface area contributed by atoms with Crippen LogP contribution in [-0.2, 0) is 0 Å². The normalized spacial score (nSPS) is 10.4. The summed E-state index contributed by atoms with van der Waals surface area (Å²) in [5.41, 5.74) is 1.36. The lowest BCUT2D eigenvalue weighted by atomic mass is 9.90. The lowest BCUT2D eigenvalue weighted by Gasteiger charge is -2.15. The third kappa shape index (κ3) is 4.57. The van der Waals surface area contributed by atoms with Crippen LogP contribution in [0, 0.1) is 28.1 Å². The van der Waals surface area contributed by atoms with Crippen LogP contribution < -0.4 is 5.32 Å². The van der Waals surface area contributed by atoms with Gasteiger partial charge in [-0.05, 0) is 44.9 Å². The minimum absolute atomic E-state index is 0.254. The second-order valence-electron chi connectivity index (χ2n) is 4.72. The molecule has 0 atom stereocenters. The number of anilines is 1. The van der Waals surface area contributed by atoms with E-state index in [1.165, 1.54) is 0 Å². The summed E-state index contributed by atoms with van der Waals surface area (Å²) < 4.78 is 0. The van der Waals surface area contributed by atoms with Crippen molar-refractivity contribution < 1.29 is 0 Å². The lowest BCUT2D eigenvalue weighted by molar-refractivity contribution is 0.441. The van der Waals surface area contributed by atoms with E-state index in [1.54, 1.807) is 6.07 Å². The molecule has 88 valence electrons. The zero-order chi connectivity index (χ0) is 12.7. The fraction of sp³-hybridized carbons (Fsp3) is 0.429. The second kappa shape index (κ2) is 5.92. The first kappa shape index (κ1) is 13.1. The van der Waals surface area contributed by atoms with Gasteiger partial charge in [-0.2, -0.15) is 10.5 Å². The van der Waals surface area contributed by atoms with Crippen LogP contribution in [0.15, 0.2) is 24.3 Å². The highest BCUT2D eigenvalue weighted by Gasteiger charge is 2.15. The molecule has 0 amide bonds. The largest absolute Gasteiger partial charge is 0.385 e. The Balaban J connectivity index is 2.37. The van der Waals surface area contributed by atoms with Crippen molar-refractivity contribution in [1.82, 2.24) is 0 Å². The van der Waals surface area contributed by atoms with Gasteiger partial charge in [0.25, 0.3) is 0 Å². The van der Waals surface area contributed by atoms with Crippen molar-refractivity contribution in [3.8, 4) is 12.1 Å². The smallest absolute Gasteiger partial charge is 0.0992 e. The summed E-state index contributed by atoms with van der Waals surface area (Å²) in [4.78, 5) is 0. The van der Waals surface area contributed by atoms with E-state index in [4.69, 9.17) is 10.5 Å². The number of nitrogens with zero attached hydrogens (tertiary/aromatic N) is 2. The maximum Gasteiger partial charge on any atom is 0.0992 e. The van der Waals surface area contributed by atoms with Crippen LogP contribution in [0.5, 0.6) is 0 Å². The molecule has 1 rings (SSSR count). The van der Waals surface area contributed by atoms with Gasteiger partial charge in [-0.25, -0.2) is 0 Å². The molecule has 0 aliphatic heterocycles. The Morgan fingerprint density at radius 1 is 1.29 bits per heavy atom. The number of hydrogen-bond donors (Lipinski definition) is 1. The zero-order valence-electron chi connectivity index (χ0n) is 10.3. The second-order valence-corrected chi connectivity index (χ2v) is 4.72. The van der Waals surface area contributed by atoms with Gasteiger partial charge in [-0.1, -0.05) is 6.07 Å². The highest BCUT2D eigenvalue weighted by Crippen LogP contribution is 2.20. The summed E-state index contributed by atoms with van der Waals surface area (Å²) in [5.74, 6) is 0. The molecule has 0 bridgehead atoms. The Morgan fingerprint density at radius 3 is 2.71 bits per heavy atom. The molecule has 0 saturated carbocycles. The monoisotopic (exact) mass is 227 g/mol. The lowest BCUT2D eigenvalue weighted by Crippen LogP contribution is -2.11. The molecule has 0 fully saturated rings. The van der Waals surface area contributed by atoms with Crippen LogP contribution in [0.25, 0.3) is 0 Å². The first-order valence-electron chi connectivity index (χ1n) is 5.73. The first-order chi connectivity index (χ1) is 8.07. The maximum atomic E-state index is 8.87. The predicted octanol–water partition coefficient (Wildman–Crippen LogP) is 3.30. The Labute approximate surface area is 103 Å². The average Bonchev–Trinajstić information content (AvgIpc) is 2.35. The summed E-state index contributed by atoms with van der Waals surface area (Å²) in [6, 6.07) is 11.8. The van der Waals surface area contributed by atoms with Gasteiger partial charge in [-0.15, -0.1) is 0 Å². The summed E-state index contributed by atoms with van der Waals surface area (Å²) in [7, 11) is 0. The van der Waals surface area contributed by atoms with Crippen LogP contribution in [0.1, 0.15) is 32.3 Å². The van der Waals surface area contributed by atoms with Gasteiger partial charge < -0.3 is 5.32 Å². The number of benzene rings is 1. The van der Waals surface area contributed by atoms with E-state index in [-0.39, 0.29) is 5.41 Å². The van der Waals surface area contributed by atoms with Crippen molar-refractivity contribution in [2.75, 3.05) is 11.9 Å². The molecule has 17 heavy (non-hydrogen) atoms. The predicted molar refractivity (Wildman–Crippen MR) is 68.3 cm³/mol. The molecule has 0 aromatic heterocycles. The molecule has 1 aromatic carbocycles. The minimum Gasteiger partial charge on any atom is -0.385 e. The number of hydrogen-bond acceptors (Lipinski definition) is 3. The fourth-order valence-corrected chi connectivity index (χ4v) is 1.52. The summed E-state index contributed by atoms with van der Waals surface area (Å²) in [6.45, 7) is 4.71. The molecule has 1 aromatic rings. The van der Waals surface area contributed by atoms with Crippen molar-refractivity contribution in [1.29, 1.82) is 10.5 Å². The van der Waals surface area contributed by atoms with Gasteiger partial charge in [0.2, 0.25) is 0 Å². The molecule has 0 saturated heterocycles. The fourth-order valence-electron chi connectivity index (χ4n) is 1.52. The van der Waals surface area contributed by atoms with E-state index in [0.29, 0.717) is 5.56 Å². The molecule has 1 N–H and O–H groups in total. The van der Waals surface area contributed by atoms with E-state index in [2.05, 4.69) is 17.5 Å². The summed E-state index contributed by atoms with van der Waals surface area (Å²) in [5, 5.41) is 20.9. The number of nitriles is 2. The third-order valence-electron chi connectivity index (χ3n) is 2.60. The molecule has 0 unspecified atom stereocenters. The molecule has 0 aliphatic carbocycles. The van der Waals surface area contributed by atoms with Gasteiger partial charge in [0.1, 0.15) is 0 Å². The van der Waals surface area contributed by atoms with Gasteiger partial charge in [-0.3, -0.25) is 0 Å². The Morgan fingerprint density at radius 2 is 2.06 bits per heavy atom. The van der Waals surface area contributed by atoms with E-state index in [1.807, 2.05) is 32.0 Å². The quantitative estimate of drug-likeness (QED) is 0.785. The van der Waals surface area contributed by atoms with Crippen molar-refractivity contribution in [2.45, 2.75) is 26.7 Å². The maximum absolute atomic E-state index is 8.87. The third-order valence-corrected chi connectivity index (χ3v) is 2.60. The Bertz CT molecular complexity index is 449. The first-order valence-corrected chi connectivity index (χ1v) is 5.73. The van der Waals surface area contributed by atoms with Gasteiger partial charge in [0.05, 0.1) is 23.1 Å². The molecule has 0 radical (unpaired) electrons. The number of rotatable bonds is 5. The van der Waals surface area contributed by atoms with Crippen molar-refractivity contribution in [3.05, 3.63) is 29.8 Å². The summed E-state index contributed by atoms with van der Waals surface area (Å²) in [6.07, 6.45) is 1.81. The molecule has 0 spiro atoms. The van der Waals surface area contributed by atoms with Crippen LogP contribution >= 0.6 is 0 Å². The Hall–Kier alpha value is -2.00. The van der Waals surface area contributed by atoms with Crippen LogP contribution in [-0.4, -0.2) is 6.54 Å². The van der Waals surface area contributed by atoms with Crippen LogP contribution in [0.3, 0.4) is 0 Å². The molecule has 0 heterocycles. The zero-order valence-corrected chi connectivity index (χ0v) is 10.3. The molecular formula is C14H17N3. The van der Waals surface area contributed by atoms with E-state index >= 15 is 0 Å². The average molecular weight is 227 g/mol. The van der Waals surface area contributed by atoms with Gasteiger partial charge >= 0.3 is 0 Å². The minimum atomic E-state index is -0.254. The van der Waals surface area contributed by atoms with E-state index in [9.17, 15) is 0 Å². The number of nitrogens with one attached hydrogen (secondary N) is 1. The summed E-state index contributed by atoms with van der Waals surface area (Å²) >= 11 is 0. The molecule has 3 heteroatoms. The molecule has 0 aliphatic rings. The van der Waals surface area contributed by atoms with Crippen molar-refractivity contribution in [2.24, 2.45) is 5.41 Å². The van der Waals surface area contributed by atoms with Crippen LogP contribution in [0.4, 0.5) is 5.69 Å². The van der Waals surface area contributed by atoms with Gasteiger partial charge in [0.15, 0.2) is 0 Å². The highest BCUT2D eigenvalue weighted by molar-refractivity contribution is 5.48. The van der Waals surface area contributed by atoms with Gasteiger partial charge in [0, 0.05) is 12.2 Å². The van der Waals surface area contributed by atoms with E-state index < -0.39 is 0 Å². The standard InChI is InChI=1S/C14H17N3/c1-14(2,11-16)7-4-8-17-13-6-3-5-12(9-13)10-15/h3,5-6,9,17H,4,7-8H2,1-2H3. The Kier molecular flexibility index (Phi) is 4.55. The highest BCUT2D eigenvalue weighted by atomic mass is 14.9.